The monoisotopic (exact) mass is 326 g/mol. The molecule has 0 bridgehead atoms. The third-order valence-electron chi connectivity index (χ3n) is 4.90. The highest BCUT2D eigenvalue weighted by Gasteiger charge is 2.30. The van der Waals surface area contributed by atoms with Gasteiger partial charge in [0.25, 0.3) is 0 Å². The molecule has 124 valence electrons. The minimum atomic E-state index is 0. The summed E-state index contributed by atoms with van der Waals surface area (Å²) in [6, 6.07) is 2.45. The molecular formula is C16H27ClN4O. The van der Waals surface area contributed by atoms with Crippen LogP contribution in [0.4, 0.5) is 0 Å². The van der Waals surface area contributed by atoms with Crippen molar-refractivity contribution < 1.29 is 4.79 Å². The van der Waals surface area contributed by atoms with Gasteiger partial charge in [-0.1, -0.05) is 0 Å². The van der Waals surface area contributed by atoms with Crippen LogP contribution in [0.25, 0.3) is 0 Å². The molecule has 3 rings (SSSR count). The molecule has 0 radical (unpaired) electrons. The zero-order valence-corrected chi connectivity index (χ0v) is 14.1. The Balaban J connectivity index is 0.00000176. The van der Waals surface area contributed by atoms with Crippen LogP contribution in [0.3, 0.4) is 0 Å². The van der Waals surface area contributed by atoms with Gasteiger partial charge in [-0.3, -0.25) is 9.48 Å². The van der Waals surface area contributed by atoms with E-state index in [0.717, 1.165) is 51.9 Å². The van der Waals surface area contributed by atoms with Crippen molar-refractivity contribution in [2.24, 2.45) is 11.8 Å². The van der Waals surface area contributed by atoms with Crippen molar-refractivity contribution in [2.75, 3.05) is 19.6 Å². The Labute approximate surface area is 138 Å². The van der Waals surface area contributed by atoms with Gasteiger partial charge in [0.1, 0.15) is 0 Å². The Kier molecular flexibility index (Phi) is 6.26. The van der Waals surface area contributed by atoms with Gasteiger partial charge in [0.05, 0.1) is 0 Å². The first-order valence-electron chi connectivity index (χ1n) is 8.22. The fourth-order valence-electron chi connectivity index (χ4n) is 3.62. The number of carbonyl (C=O) groups is 1. The molecule has 1 aromatic rings. The predicted octanol–water partition coefficient (Wildman–Crippen LogP) is 1.93. The van der Waals surface area contributed by atoms with E-state index < -0.39 is 0 Å². The average molecular weight is 327 g/mol. The molecule has 2 atom stereocenters. The van der Waals surface area contributed by atoms with Gasteiger partial charge in [-0.15, -0.1) is 12.4 Å². The maximum Gasteiger partial charge on any atom is 0.225 e. The minimum absolute atomic E-state index is 0. The summed E-state index contributed by atoms with van der Waals surface area (Å²) in [5.41, 5.74) is 0. The number of amides is 1. The summed E-state index contributed by atoms with van der Waals surface area (Å²) in [6.45, 7) is 5.98. The number of hydrogen-bond donors (Lipinski definition) is 1. The normalized spacial score (nSPS) is 26.5. The molecule has 2 fully saturated rings. The van der Waals surface area contributed by atoms with Gasteiger partial charge in [-0.25, -0.2) is 0 Å². The number of aromatic nitrogens is 2. The van der Waals surface area contributed by atoms with Gasteiger partial charge < -0.3 is 10.2 Å². The molecular weight excluding hydrogens is 300 g/mol. The van der Waals surface area contributed by atoms with E-state index in [4.69, 9.17) is 0 Å². The van der Waals surface area contributed by atoms with Crippen molar-refractivity contribution in [1.82, 2.24) is 20.0 Å². The van der Waals surface area contributed by atoms with E-state index >= 15 is 0 Å². The summed E-state index contributed by atoms with van der Waals surface area (Å²) >= 11 is 0. The van der Waals surface area contributed by atoms with Crippen molar-refractivity contribution >= 4 is 18.3 Å². The van der Waals surface area contributed by atoms with Gasteiger partial charge in [-0.2, -0.15) is 5.10 Å². The highest BCUT2D eigenvalue weighted by atomic mass is 35.5. The first kappa shape index (κ1) is 17.3. The average Bonchev–Trinajstić information content (AvgIpc) is 3.00. The molecule has 2 aliphatic rings. The third-order valence-corrected chi connectivity index (χ3v) is 4.90. The molecule has 1 N–H and O–H groups in total. The lowest BCUT2D eigenvalue weighted by Gasteiger charge is -2.36. The molecule has 0 spiro atoms. The highest BCUT2D eigenvalue weighted by molar-refractivity contribution is 5.85. The van der Waals surface area contributed by atoms with E-state index in [9.17, 15) is 4.79 Å². The van der Waals surface area contributed by atoms with Crippen LogP contribution in [-0.4, -0.2) is 46.3 Å². The predicted molar refractivity (Wildman–Crippen MR) is 89.0 cm³/mol. The summed E-state index contributed by atoms with van der Waals surface area (Å²) in [4.78, 5) is 14.7. The summed E-state index contributed by atoms with van der Waals surface area (Å²) in [5.74, 6) is 1.28. The lowest BCUT2D eigenvalue weighted by atomic mass is 9.90. The van der Waals surface area contributed by atoms with Crippen LogP contribution in [0, 0.1) is 11.8 Å². The van der Waals surface area contributed by atoms with Crippen LogP contribution < -0.4 is 5.32 Å². The lowest BCUT2D eigenvalue weighted by molar-refractivity contribution is -0.138. The summed E-state index contributed by atoms with van der Waals surface area (Å²) in [5, 5.41) is 7.70. The van der Waals surface area contributed by atoms with Gasteiger partial charge in [0, 0.05) is 44.0 Å². The van der Waals surface area contributed by atoms with Crippen LogP contribution in [0.15, 0.2) is 18.5 Å². The first-order valence-corrected chi connectivity index (χ1v) is 8.22. The van der Waals surface area contributed by atoms with Crippen molar-refractivity contribution in [3.63, 3.8) is 0 Å². The SMILES string of the molecule is C[C@H]1C[C@@H](C(=O)N2CCC(Cn3cccn3)CC2)CCN1.Cl. The molecule has 1 amide bonds. The van der Waals surface area contributed by atoms with Crippen LogP contribution in [0.1, 0.15) is 32.6 Å². The number of likely N-dealkylation sites (tertiary alicyclic amines) is 1. The fraction of sp³-hybridized carbons (Fsp3) is 0.750. The zero-order valence-electron chi connectivity index (χ0n) is 13.3. The fourth-order valence-corrected chi connectivity index (χ4v) is 3.62. The first-order chi connectivity index (χ1) is 10.2. The molecule has 2 aliphatic heterocycles. The lowest BCUT2D eigenvalue weighted by Crippen LogP contribution is -2.46. The molecule has 3 heterocycles. The number of hydrogen-bond acceptors (Lipinski definition) is 3. The second-order valence-corrected chi connectivity index (χ2v) is 6.57. The largest absolute Gasteiger partial charge is 0.342 e. The van der Waals surface area contributed by atoms with Crippen molar-refractivity contribution in [1.29, 1.82) is 0 Å². The van der Waals surface area contributed by atoms with Crippen molar-refractivity contribution in [3.05, 3.63) is 18.5 Å². The van der Waals surface area contributed by atoms with E-state index in [1.165, 1.54) is 0 Å². The van der Waals surface area contributed by atoms with E-state index in [1.807, 2.05) is 23.1 Å². The second kappa shape index (κ2) is 7.97. The van der Waals surface area contributed by atoms with Gasteiger partial charge in [-0.05, 0) is 51.1 Å². The molecule has 0 saturated carbocycles. The summed E-state index contributed by atoms with van der Waals surface area (Å²) in [6.07, 6.45) is 8.05. The van der Waals surface area contributed by atoms with E-state index in [2.05, 4.69) is 22.2 Å². The molecule has 1 aromatic heterocycles. The van der Waals surface area contributed by atoms with E-state index in [0.29, 0.717) is 17.9 Å². The Bertz CT molecular complexity index is 457. The Morgan fingerprint density at radius 1 is 1.32 bits per heavy atom. The Morgan fingerprint density at radius 2 is 2.09 bits per heavy atom. The molecule has 0 aliphatic carbocycles. The number of carbonyl (C=O) groups excluding carboxylic acids is 1. The Hall–Kier alpha value is -1.07. The maximum atomic E-state index is 12.6. The molecule has 22 heavy (non-hydrogen) atoms. The topological polar surface area (TPSA) is 50.2 Å². The number of rotatable bonds is 3. The van der Waals surface area contributed by atoms with Crippen LogP contribution >= 0.6 is 12.4 Å². The third kappa shape index (κ3) is 4.23. The number of nitrogens with one attached hydrogen (secondary N) is 1. The smallest absolute Gasteiger partial charge is 0.225 e. The van der Waals surface area contributed by atoms with E-state index in [1.54, 1.807) is 0 Å². The zero-order chi connectivity index (χ0) is 14.7. The van der Waals surface area contributed by atoms with Gasteiger partial charge in [0.2, 0.25) is 5.91 Å². The van der Waals surface area contributed by atoms with Crippen LogP contribution in [0.2, 0.25) is 0 Å². The highest BCUT2D eigenvalue weighted by Crippen LogP contribution is 2.24. The number of halogens is 1. The van der Waals surface area contributed by atoms with Crippen molar-refractivity contribution in [3.8, 4) is 0 Å². The summed E-state index contributed by atoms with van der Waals surface area (Å²) < 4.78 is 2.01. The number of piperidine rings is 2. The van der Waals surface area contributed by atoms with Crippen LogP contribution in [0.5, 0.6) is 0 Å². The number of nitrogens with zero attached hydrogens (tertiary/aromatic N) is 3. The molecule has 0 unspecified atom stereocenters. The molecule has 0 aromatic carbocycles. The molecule has 2 saturated heterocycles. The standard InChI is InChI=1S/C16H26N4O.ClH/c1-13-11-15(3-7-17-13)16(21)19-9-4-14(5-10-19)12-20-8-2-6-18-20;/h2,6,8,13-15,17H,3-5,7,9-12H2,1H3;1H/t13-,15-;/m0./s1. The van der Waals surface area contributed by atoms with Gasteiger partial charge >= 0.3 is 0 Å². The quantitative estimate of drug-likeness (QED) is 0.923. The molecule has 6 heteroatoms. The van der Waals surface area contributed by atoms with Gasteiger partial charge in [0.15, 0.2) is 0 Å². The minimum Gasteiger partial charge on any atom is -0.342 e. The van der Waals surface area contributed by atoms with Crippen molar-refractivity contribution in [2.45, 2.75) is 45.2 Å². The van der Waals surface area contributed by atoms with E-state index in [-0.39, 0.29) is 18.3 Å². The second-order valence-electron chi connectivity index (χ2n) is 6.57. The summed E-state index contributed by atoms with van der Waals surface area (Å²) in [7, 11) is 0. The molecule has 5 nitrogen and oxygen atoms in total. The van der Waals surface area contributed by atoms with Crippen LogP contribution in [-0.2, 0) is 11.3 Å². The maximum absolute atomic E-state index is 12.6. The Morgan fingerprint density at radius 3 is 2.73 bits per heavy atom.